The lowest BCUT2D eigenvalue weighted by Crippen LogP contribution is -2.43. The smallest absolute Gasteiger partial charge is 0.190 e. The topological polar surface area (TPSA) is 58.5 Å². The molecule has 0 spiro atoms. The van der Waals surface area contributed by atoms with Crippen LogP contribution in [0, 0.1) is 5.41 Å². The van der Waals surface area contributed by atoms with Gasteiger partial charge >= 0.3 is 0 Å². The van der Waals surface area contributed by atoms with Gasteiger partial charge in [-0.25, -0.2) is 4.98 Å². The molecule has 0 atom stereocenters. The molecule has 1 aliphatic rings. The van der Waals surface area contributed by atoms with Gasteiger partial charge in [-0.15, -0.1) is 35.3 Å². The summed E-state index contributed by atoms with van der Waals surface area (Å²) in [7, 11) is 3.64. The van der Waals surface area contributed by atoms with Gasteiger partial charge in [0.2, 0.25) is 0 Å². The standard InChI is InChI=1S/C21H32N4OS.HI/c1-22-20(24-16-21(13-15-26-2)11-5-6-12-21)23-14-7-10-19-25-17-8-3-4-9-18(17)27-19;/h3-4,8-9H,5-7,10-16H2,1-2H3,(H2,22,23,24);1H. The van der Waals surface area contributed by atoms with Crippen LogP contribution in [-0.4, -0.2) is 44.8 Å². The maximum absolute atomic E-state index is 5.33. The Morgan fingerprint density at radius 1 is 1.25 bits per heavy atom. The van der Waals surface area contributed by atoms with E-state index in [1.54, 1.807) is 18.4 Å². The summed E-state index contributed by atoms with van der Waals surface area (Å²) in [6.45, 7) is 2.73. The van der Waals surface area contributed by atoms with Gasteiger partial charge in [0.1, 0.15) is 0 Å². The molecule has 1 fully saturated rings. The minimum absolute atomic E-state index is 0. The Kier molecular flexibility index (Phi) is 9.94. The summed E-state index contributed by atoms with van der Waals surface area (Å²) >= 11 is 1.80. The minimum Gasteiger partial charge on any atom is -0.385 e. The molecule has 1 aromatic carbocycles. The molecule has 2 N–H and O–H groups in total. The number of halogens is 1. The molecule has 0 unspecified atom stereocenters. The summed E-state index contributed by atoms with van der Waals surface area (Å²) in [6, 6.07) is 8.35. The zero-order chi connectivity index (χ0) is 19.0. The molecule has 0 saturated heterocycles. The molecule has 156 valence electrons. The SMILES string of the molecule is CN=C(NCCCc1nc2ccccc2s1)NCC1(CCOC)CCCC1.I. The third-order valence-corrected chi connectivity index (χ3v) is 6.65. The molecule has 3 rings (SSSR count). The molecule has 1 saturated carbocycles. The van der Waals surface area contributed by atoms with Crippen LogP contribution in [0.1, 0.15) is 43.5 Å². The van der Waals surface area contributed by atoms with Gasteiger partial charge < -0.3 is 15.4 Å². The first-order valence-electron chi connectivity index (χ1n) is 10.0. The van der Waals surface area contributed by atoms with Gasteiger partial charge in [-0.05, 0) is 43.2 Å². The summed E-state index contributed by atoms with van der Waals surface area (Å²) in [5.74, 6) is 0.906. The number of thiazole rings is 1. The Balaban J connectivity index is 0.00000280. The van der Waals surface area contributed by atoms with E-state index in [0.29, 0.717) is 5.41 Å². The van der Waals surface area contributed by atoms with Crippen LogP contribution in [-0.2, 0) is 11.2 Å². The fourth-order valence-corrected chi connectivity index (χ4v) is 4.93. The van der Waals surface area contributed by atoms with Crippen molar-refractivity contribution in [3.05, 3.63) is 29.3 Å². The normalized spacial score (nSPS) is 16.1. The first-order chi connectivity index (χ1) is 13.2. The van der Waals surface area contributed by atoms with Crippen LogP contribution in [0.15, 0.2) is 29.3 Å². The summed E-state index contributed by atoms with van der Waals surface area (Å²) in [6.07, 6.45) is 8.43. The van der Waals surface area contributed by atoms with Crippen LogP contribution in [0.4, 0.5) is 0 Å². The second-order valence-corrected chi connectivity index (χ2v) is 8.60. The molecular formula is C21H33IN4OS. The lowest BCUT2D eigenvalue weighted by Gasteiger charge is -2.29. The summed E-state index contributed by atoms with van der Waals surface area (Å²) < 4.78 is 6.60. The van der Waals surface area contributed by atoms with E-state index in [2.05, 4.69) is 33.8 Å². The second-order valence-electron chi connectivity index (χ2n) is 7.48. The van der Waals surface area contributed by atoms with Gasteiger partial charge in [0, 0.05) is 40.3 Å². The van der Waals surface area contributed by atoms with Crippen LogP contribution < -0.4 is 10.6 Å². The molecule has 0 aliphatic heterocycles. The average Bonchev–Trinajstić information content (AvgIpc) is 3.33. The molecule has 7 heteroatoms. The fourth-order valence-electron chi connectivity index (χ4n) is 3.92. The van der Waals surface area contributed by atoms with Gasteiger partial charge in [0.05, 0.1) is 15.2 Å². The molecule has 0 radical (unpaired) electrons. The van der Waals surface area contributed by atoms with Gasteiger partial charge in [-0.1, -0.05) is 25.0 Å². The zero-order valence-electron chi connectivity index (χ0n) is 17.0. The maximum Gasteiger partial charge on any atom is 0.190 e. The van der Waals surface area contributed by atoms with Crippen LogP contribution >= 0.6 is 35.3 Å². The van der Waals surface area contributed by atoms with E-state index < -0.39 is 0 Å². The molecule has 1 aromatic heterocycles. The number of nitrogens with zero attached hydrogens (tertiary/aromatic N) is 2. The number of para-hydroxylation sites is 1. The number of methoxy groups -OCH3 is 1. The third-order valence-electron chi connectivity index (χ3n) is 5.55. The van der Waals surface area contributed by atoms with E-state index in [4.69, 9.17) is 9.72 Å². The number of nitrogens with one attached hydrogen (secondary N) is 2. The van der Waals surface area contributed by atoms with E-state index in [1.165, 1.54) is 35.4 Å². The van der Waals surface area contributed by atoms with E-state index in [-0.39, 0.29) is 24.0 Å². The molecule has 1 aliphatic carbocycles. The van der Waals surface area contributed by atoms with Crippen molar-refractivity contribution in [2.24, 2.45) is 10.4 Å². The van der Waals surface area contributed by atoms with Crippen molar-refractivity contribution in [2.75, 3.05) is 33.9 Å². The minimum atomic E-state index is 0. The third kappa shape index (κ3) is 6.56. The van der Waals surface area contributed by atoms with Crippen molar-refractivity contribution in [1.29, 1.82) is 0 Å². The first-order valence-corrected chi connectivity index (χ1v) is 10.8. The molecule has 0 amide bonds. The number of aryl methyl sites for hydroxylation is 1. The van der Waals surface area contributed by atoms with Gasteiger partial charge in [0.15, 0.2) is 5.96 Å². The molecule has 5 nitrogen and oxygen atoms in total. The van der Waals surface area contributed by atoms with Gasteiger partial charge in [-0.2, -0.15) is 0 Å². The fraction of sp³-hybridized carbons (Fsp3) is 0.619. The van der Waals surface area contributed by atoms with Gasteiger partial charge in [-0.3, -0.25) is 4.99 Å². The van der Waals surface area contributed by atoms with Crippen molar-refractivity contribution in [1.82, 2.24) is 15.6 Å². The number of fused-ring (bicyclic) bond motifs is 1. The van der Waals surface area contributed by atoms with Crippen molar-refractivity contribution in [2.45, 2.75) is 44.9 Å². The monoisotopic (exact) mass is 516 g/mol. The predicted molar refractivity (Wildman–Crippen MR) is 130 cm³/mol. The van der Waals surface area contributed by atoms with Crippen LogP contribution in [0.3, 0.4) is 0 Å². The number of ether oxygens (including phenoxy) is 1. The Labute approximate surface area is 189 Å². The molecule has 28 heavy (non-hydrogen) atoms. The Morgan fingerprint density at radius 2 is 2.04 bits per heavy atom. The van der Waals surface area contributed by atoms with Crippen LogP contribution in [0.25, 0.3) is 10.2 Å². The number of aliphatic imine (C=N–C) groups is 1. The highest BCUT2D eigenvalue weighted by Crippen LogP contribution is 2.40. The zero-order valence-corrected chi connectivity index (χ0v) is 20.1. The average molecular weight is 516 g/mol. The molecule has 0 bridgehead atoms. The van der Waals surface area contributed by atoms with Crippen molar-refractivity contribution < 1.29 is 4.74 Å². The van der Waals surface area contributed by atoms with E-state index in [9.17, 15) is 0 Å². The molecular weight excluding hydrogens is 483 g/mol. The largest absolute Gasteiger partial charge is 0.385 e. The molecule has 1 heterocycles. The van der Waals surface area contributed by atoms with Crippen LogP contribution in [0.2, 0.25) is 0 Å². The number of hydrogen-bond donors (Lipinski definition) is 2. The van der Waals surface area contributed by atoms with Crippen molar-refractivity contribution in [3.63, 3.8) is 0 Å². The number of benzene rings is 1. The Bertz CT molecular complexity index is 710. The van der Waals surface area contributed by atoms with Crippen molar-refractivity contribution >= 4 is 51.5 Å². The number of hydrogen-bond acceptors (Lipinski definition) is 4. The quantitative estimate of drug-likeness (QED) is 0.221. The highest BCUT2D eigenvalue weighted by molar-refractivity contribution is 14.0. The van der Waals surface area contributed by atoms with E-state index in [1.807, 2.05) is 13.1 Å². The predicted octanol–water partition coefficient (Wildman–Crippen LogP) is 4.61. The summed E-state index contributed by atoms with van der Waals surface area (Å²) in [5, 5.41) is 8.22. The van der Waals surface area contributed by atoms with E-state index in [0.717, 1.165) is 50.4 Å². The van der Waals surface area contributed by atoms with Crippen LogP contribution in [0.5, 0.6) is 0 Å². The number of guanidine groups is 1. The Morgan fingerprint density at radius 3 is 2.75 bits per heavy atom. The lowest BCUT2D eigenvalue weighted by molar-refractivity contribution is 0.138. The van der Waals surface area contributed by atoms with Crippen molar-refractivity contribution in [3.8, 4) is 0 Å². The number of aromatic nitrogens is 1. The highest BCUT2D eigenvalue weighted by atomic mass is 127. The summed E-state index contributed by atoms with van der Waals surface area (Å²) in [5.41, 5.74) is 1.48. The summed E-state index contributed by atoms with van der Waals surface area (Å²) in [4.78, 5) is 9.10. The van der Waals surface area contributed by atoms with Gasteiger partial charge in [0.25, 0.3) is 0 Å². The van der Waals surface area contributed by atoms with E-state index >= 15 is 0 Å². The molecule has 2 aromatic rings. The first kappa shape index (κ1) is 23.3. The Hall–Kier alpha value is -0.930. The number of rotatable bonds is 9. The highest BCUT2D eigenvalue weighted by Gasteiger charge is 2.33. The lowest BCUT2D eigenvalue weighted by atomic mass is 9.83. The maximum atomic E-state index is 5.33. The second kappa shape index (κ2) is 11.9.